The number of aromatic nitrogens is 2. The molecule has 0 aliphatic heterocycles. The largest absolute Gasteiger partial charge is 0.396 e. The molecule has 0 atom stereocenters. The molecule has 0 aliphatic rings. The molecule has 0 aliphatic carbocycles. The van der Waals surface area contributed by atoms with Crippen molar-refractivity contribution in [1.29, 1.82) is 0 Å². The fourth-order valence-corrected chi connectivity index (χ4v) is 2.71. The molecule has 3 N–H and O–H groups in total. The standard InChI is InChI=1S/C14H17N3O3S/c1-3-11-8(2)6-10(12(19)16-11)13(20)17-14-15-9(4-5-18)7-21-14/h6-7,18H,3-5H2,1-2H3,(H,16,19)(H,15,17,20). The summed E-state index contributed by atoms with van der Waals surface area (Å²) in [5, 5.41) is 13.6. The number of thiazole rings is 1. The van der Waals surface area contributed by atoms with Crippen molar-refractivity contribution in [2.75, 3.05) is 11.9 Å². The second-order valence-electron chi connectivity index (χ2n) is 4.60. The van der Waals surface area contributed by atoms with Crippen molar-refractivity contribution in [3.63, 3.8) is 0 Å². The monoisotopic (exact) mass is 307 g/mol. The number of pyridine rings is 1. The summed E-state index contributed by atoms with van der Waals surface area (Å²) in [4.78, 5) is 30.9. The van der Waals surface area contributed by atoms with Gasteiger partial charge in [0.25, 0.3) is 11.5 Å². The molecule has 0 spiro atoms. The van der Waals surface area contributed by atoms with Crippen LogP contribution >= 0.6 is 11.3 Å². The lowest BCUT2D eigenvalue weighted by molar-refractivity contribution is 0.102. The number of H-pyrrole nitrogens is 1. The van der Waals surface area contributed by atoms with E-state index < -0.39 is 11.5 Å². The van der Waals surface area contributed by atoms with Crippen LogP contribution in [0.5, 0.6) is 0 Å². The molecule has 2 heterocycles. The zero-order chi connectivity index (χ0) is 15.4. The smallest absolute Gasteiger partial charge is 0.263 e. The number of carbonyl (C=O) groups is 1. The Labute approximate surface area is 125 Å². The average molecular weight is 307 g/mol. The maximum atomic E-state index is 12.1. The first-order chi connectivity index (χ1) is 10.0. The van der Waals surface area contributed by atoms with Gasteiger partial charge in [-0.25, -0.2) is 4.98 Å². The maximum Gasteiger partial charge on any atom is 0.263 e. The molecule has 6 nitrogen and oxygen atoms in total. The van der Waals surface area contributed by atoms with Crippen molar-refractivity contribution in [2.24, 2.45) is 0 Å². The van der Waals surface area contributed by atoms with Gasteiger partial charge in [0.1, 0.15) is 5.56 Å². The van der Waals surface area contributed by atoms with E-state index >= 15 is 0 Å². The average Bonchev–Trinajstić information content (AvgIpc) is 2.88. The van der Waals surface area contributed by atoms with Crippen molar-refractivity contribution in [2.45, 2.75) is 26.7 Å². The van der Waals surface area contributed by atoms with Gasteiger partial charge in [-0.05, 0) is 25.0 Å². The minimum absolute atomic E-state index is 0.00840. The van der Waals surface area contributed by atoms with Gasteiger partial charge in [0, 0.05) is 24.1 Å². The summed E-state index contributed by atoms with van der Waals surface area (Å²) in [6.45, 7) is 3.80. The van der Waals surface area contributed by atoms with Gasteiger partial charge in [-0.3, -0.25) is 14.9 Å². The van der Waals surface area contributed by atoms with E-state index in [0.717, 1.165) is 11.3 Å². The number of hydrogen-bond donors (Lipinski definition) is 3. The number of aliphatic hydroxyl groups is 1. The predicted octanol–water partition coefficient (Wildman–Crippen LogP) is 1.49. The Morgan fingerprint density at radius 1 is 1.52 bits per heavy atom. The Morgan fingerprint density at radius 3 is 2.95 bits per heavy atom. The van der Waals surface area contributed by atoms with Crippen LogP contribution in [0.1, 0.15) is 34.2 Å². The van der Waals surface area contributed by atoms with Crippen LogP contribution < -0.4 is 10.9 Å². The Balaban J connectivity index is 2.20. The molecule has 21 heavy (non-hydrogen) atoms. The van der Waals surface area contributed by atoms with Gasteiger partial charge in [-0.15, -0.1) is 11.3 Å². The van der Waals surface area contributed by atoms with Gasteiger partial charge < -0.3 is 10.1 Å². The number of anilines is 1. The van der Waals surface area contributed by atoms with Crippen molar-refractivity contribution < 1.29 is 9.90 Å². The minimum atomic E-state index is -0.480. The zero-order valence-electron chi connectivity index (χ0n) is 11.9. The Kier molecular flexibility index (Phi) is 4.87. The second-order valence-corrected chi connectivity index (χ2v) is 5.46. The molecule has 0 bridgehead atoms. The number of rotatable bonds is 5. The van der Waals surface area contributed by atoms with Crippen LogP contribution in [-0.4, -0.2) is 27.6 Å². The van der Waals surface area contributed by atoms with Crippen molar-refractivity contribution in [3.05, 3.63) is 44.3 Å². The molecular formula is C14H17N3O3S. The number of aliphatic hydroxyl groups excluding tert-OH is 1. The van der Waals surface area contributed by atoms with Gasteiger partial charge >= 0.3 is 0 Å². The highest BCUT2D eigenvalue weighted by atomic mass is 32.1. The van der Waals surface area contributed by atoms with Crippen molar-refractivity contribution in [1.82, 2.24) is 9.97 Å². The summed E-state index contributed by atoms with van der Waals surface area (Å²) in [5.41, 5.74) is 2.09. The first kappa shape index (κ1) is 15.4. The van der Waals surface area contributed by atoms with Crippen LogP contribution in [0.2, 0.25) is 0 Å². The molecule has 0 fully saturated rings. The SMILES string of the molecule is CCc1[nH]c(=O)c(C(=O)Nc2nc(CCO)cs2)cc1C. The van der Waals surface area contributed by atoms with Gasteiger partial charge in [-0.1, -0.05) is 6.92 Å². The van der Waals surface area contributed by atoms with E-state index in [0.29, 0.717) is 23.7 Å². The lowest BCUT2D eigenvalue weighted by Gasteiger charge is -2.06. The molecule has 0 saturated heterocycles. The van der Waals surface area contributed by atoms with E-state index in [9.17, 15) is 9.59 Å². The van der Waals surface area contributed by atoms with E-state index in [4.69, 9.17) is 5.11 Å². The molecule has 2 aromatic rings. The fourth-order valence-electron chi connectivity index (χ4n) is 1.97. The molecule has 2 rings (SSSR count). The molecule has 0 unspecified atom stereocenters. The molecule has 0 aromatic carbocycles. The van der Waals surface area contributed by atoms with Crippen molar-refractivity contribution in [3.8, 4) is 0 Å². The summed E-state index contributed by atoms with van der Waals surface area (Å²) in [7, 11) is 0. The number of amides is 1. The lowest BCUT2D eigenvalue weighted by Crippen LogP contribution is -2.24. The normalized spacial score (nSPS) is 10.6. The highest BCUT2D eigenvalue weighted by Gasteiger charge is 2.14. The lowest BCUT2D eigenvalue weighted by atomic mass is 10.1. The number of nitrogens with one attached hydrogen (secondary N) is 2. The van der Waals surface area contributed by atoms with Crippen LogP contribution in [0.3, 0.4) is 0 Å². The summed E-state index contributed by atoms with van der Waals surface area (Å²) in [6, 6.07) is 1.59. The van der Waals surface area contributed by atoms with Crippen molar-refractivity contribution >= 4 is 22.4 Å². The van der Waals surface area contributed by atoms with Crippen LogP contribution in [-0.2, 0) is 12.8 Å². The Hall–Kier alpha value is -1.99. The minimum Gasteiger partial charge on any atom is -0.396 e. The van der Waals surface area contributed by atoms with E-state index in [-0.39, 0.29) is 12.2 Å². The van der Waals surface area contributed by atoms with Gasteiger partial charge in [0.15, 0.2) is 5.13 Å². The third-order valence-electron chi connectivity index (χ3n) is 3.08. The van der Waals surface area contributed by atoms with E-state index in [1.165, 1.54) is 11.3 Å². The third kappa shape index (κ3) is 3.56. The molecule has 7 heteroatoms. The molecule has 0 radical (unpaired) electrons. The highest BCUT2D eigenvalue weighted by molar-refractivity contribution is 7.13. The van der Waals surface area contributed by atoms with Crippen LogP contribution in [0, 0.1) is 6.92 Å². The molecule has 1 amide bonds. The number of nitrogens with zero attached hydrogens (tertiary/aromatic N) is 1. The van der Waals surface area contributed by atoms with E-state index in [1.807, 2.05) is 13.8 Å². The third-order valence-corrected chi connectivity index (χ3v) is 3.89. The number of aryl methyl sites for hydroxylation is 2. The van der Waals surface area contributed by atoms with Gasteiger partial charge in [-0.2, -0.15) is 0 Å². The van der Waals surface area contributed by atoms with E-state index in [1.54, 1.807) is 11.4 Å². The quantitative estimate of drug-likeness (QED) is 0.780. The molecule has 0 saturated carbocycles. The predicted molar refractivity (Wildman–Crippen MR) is 82.0 cm³/mol. The first-order valence-electron chi connectivity index (χ1n) is 6.64. The van der Waals surface area contributed by atoms with Crippen LogP contribution in [0.25, 0.3) is 0 Å². The summed E-state index contributed by atoms with van der Waals surface area (Å²) >= 11 is 1.26. The van der Waals surface area contributed by atoms with Crippen LogP contribution in [0.15, 0.2) is 16.2 Å². The highest BCUT2D eigenvalue weighted by Crippen LogP contribution is 2.16. The summed E-state index contributed by atoms with van der Waals surface area (Å²) < 4.78 is 0. The number of hydrogen-bond acceptors (Lipinski definition) is 5. The number of aromatic amines is 1. The molecule has 2 aromatic heterocycles. The Bertz CT molecular complexity index is 706. The van der Waals surface area contributed by atoms with Crippen LogP contribution in [0.4, 0.5) is 5.13 Å². The van der Waals surface area contributed by atoms with E-state index in [2.05, 4.69) is 15.3 Å². The fraction of sp³-hybridized carbons (Fsp3) is 0.357. The topological polar surface area (TPSA) is 95.1 Å². The zero-order valence-corrected chi connectivity index (χ0v) is 12.7. The first-order valence-corrected chi connectivity index (χ1v) is 7.52. The number of carbonyl (C=O) groups excluding carboxylic acids is 1. The molecule has 112 valence electrons. The summed E-state index contributed by atoms with van der Waals surface area (Å²) in [6.07, 6.45) is 1.15. The Morgan fingerprint density at radius 2 is 2.29 bits per heavy atom. The summed E-state index contributed by atoms with van der Waals surface area (Å²) in [5.74, 6) is -0.480. The second kappa shape index (κ2) is 6.64. The molecular weight excluding hydrogens is 290 g/mol. The maximum absolute atomic E-state index is 12.1. The van der Waals surface area contributed by atoms with Gasteiger partial charge in [0.05, 0.1) is 5.69 Å². The van der Waals surface area contributed by atoms with Gasteiger partial charge in [0.2, 0.25) is 0 Å².